The Morgan fingerprint density at radius 1 is 1.38 bits per heavy atom. The first-order valence-electron chi connectivity index (χ1n) is 8.05. The van der Waals surface area contributed by atoms with Crippen molar-refractivity contribution in [2.75, 3.05) is 38.3 Å². The smallest absolute Gasteiger partial charge is 0.273 e. The Bertz CT molecular complexity index is 766. The summed E-state index contributed by atoms with van der Waals surface area (Å²) in [7, 11) is 1.57. The number of nitrogens with zero attached hydrogens (tertiary/aromatic N) is 4. The minimum Gasteiger partial charge on any atom is -0.383 e. The molecule has 0 bridgehead atoms. The molecule has 1 saturated heterocycles. The van der Waals surface area contributed by atoms with Gasteiger partial charge in [-0.1, -0.05) is 11.3 Å². The van der Waals surface area contributed by atoms with E-state index in [-0.39, 0.29) is 18.0 Å². The van der Waals surface area contributed by atoms with E-state index in [4.69, 9.17) is 4.74 Å². The normalized spacial score (nSPS) is 15.0. The molecule has 1 aliphatic rings. The first-order valence-corrected chi connectivity index (χ1v) is 8.87. The number of piperidine rings is 1. The lowest BCUT2D eigenvalue weighted by Crippen LogP contribution is -2.33. The molecule has 3 rings (SSSR count). The van der Waals surface area contributed by atoms with Crippen LogP contribution in [0.25, 0.3) is 10.3 Å². The largest absolute Gasteiger partial charge is 0.383 e. The molecule has 1 N–H and O–H groups in total. The van der Waals surface area contributed by atoms with E-state index in [9.17, 15) is 9.59 Å². The molecule has 1 fully saturated rings. The summed E-state index contributed by atoms with van der Waals surface area (Å²) in [4.78, 5) is 35.3. The Kier molecular flexibility index (Phi) is 5.41. The van der Waals surface area contributed by atoms with Crippen LogP contribution in [0, 0.1) is 0 Å². The Balaban J connectivity index is 1.77. The molecule has 0 atom stereocenters. The summed E-state index contributed by atoms with van der Waals surface area (Å²) >= 11 is 1.36. The first-order chi connectivity index (χ1) is 11.7. The number of carbonyl (C=O) groups is 1. The number of aromatic nitrogens is 3. The molecule has 0 saturated carbocycles. The fourth-order valence-corrected chi connectivity index (χ4v) is 3.69. The summed E-state index contributed by atoms with van der Waals surface area (Å²) in [5, 5.41) is 3.54. The van der Waals surface area contributed by atoms with E-state index in [1.807, 2.05) is 0 Å². The number of thiazole rings is 1. The molecule has 130 valence electrons. The fourth-order valence-electron chi connectivity index (χ4n) is 2.67. The van der Waals surface area contributed by atoms with Gasteiger partial charge in [-0.3, -0.25) is 14.2 Å². The lowest BCUT2D eigenvalue weighted by atomic mass is 10.1. The minimum absolute atomic E-state index is 0.0531. The highest BCUT2D eigenvalue weighted by Crippen LogP contribution is 2.27. The van der Waals surface area contributed by atoms with Gasteiger partial charge in [0.2, 0.25) is 5.91 Å². The molecule has 0 spiro atoms. The van der Waals surface area contributed by atoms with E-state index in [1.54, 1.807) is 7.11 Å². The third-order valence-electron chi connectivity index (χ3n) is 3.94. The van der Waals surface area contributed by atoms with Gasteiger partial charge in [0.25, 0.3) is 5.56 Å². The summed E-state index contributed by atoms with van der Waals surface area (Å²) < 4.78 is 6.70. The van der Waals surface area contributed by atoms with E-state index < -0.39 is 0 Å². The molecule has 2 aromatic rings. The number of anilines is 1. The highest BCUT2D eigenvalue weighted by Gasteiger charge is 2.18. The zero-order valence-corrected chi connectivity index (χ0v) is 14.5. The number of carbonyl (C=O) groups excluding carboxylic acids is 1. The SMILES string of the molecule is COCCNC(=O)Cn1cnc2nc(N3CCCCC3)sc2c1=O. The molecular formula is C15H21N5O3S. The van der Waals surface area contributed by atoms with Crippen LogP contribution in [0.15, 0.2) is 11.1 Å². The van der Waals surface area contributed by atoms with Crippen LogP contribution in [0.1, 0.15) is 19.3 Å². The predicted molar refractivity (Wildman–Crippen MR) is 92.6 cm³/mol. The van der Waals surface area contributed by atoms with Crippen molar-refractivity contribution in [1.29, 1.82) is 0 Å². The average molecular weight is 351 g/mol. The summed E-state index contributed by atoms with van der Waals surface area (Å²) in [5.41, 5.74) is 0.240. The van der Waals surface area contributed by atoms with Gasteiger partial charge < -0.3 is 15.0 Å². The number of ether oxygens (including phenoxy) is 1. The van der Waals surface area contributed by atoms with Crippen molar-refractivity contribution in [3.05, 3.63) is 16.7 Å². The number of nitrogens with one attached hydrogen (secondary N) is 1. The molecular weight excluding hydrogens is 330 g/mol. The maximum atomic E-state index is 12.6. The monoisotopic (exact) mass is 351 g/mol. The zero-order chi connectivity index (χ0) is 16.9. The van der Waals surface area contributed by atoms with Crippen LogP contribution in [0.5, 0.6) is 0 Å². The number of rotatable bonds is 6. The highest BCUT2D eigenvalue weighted by atomic mass is 32.1. The van der Waals surface area contributed by atoms with E-state index >= 15 is 0 Å². The van der Waals surface area contributed by atoms with Crippen LogP contribution >= 0.6 is 11.3 Å². The van der Waals surface area contributed by atoms with Crippen molar-refractivity contribution in [2.24, 2.45) is 0 Å². The Labute approximate surface area is 143 Å². The van der Waals surface area contributed by atoms with Gasteiger partial charge in [-0.25, -0.2) is 4.98 Å². The summed E-state index contributed by atoms with van der Waals surface area (Å²) in [5.74, 6) is -0.240. The van der Waals surface area contributed by atoms with Gasteiger partial charge in [-0.15, -0.1) is 0 Å². The van der Waals surface area contributed by atoms with Crippen LogP contribution in [0.2, 0.25) is 0 Å². The van der Waals surface area contributed by atoms with E-state index in [1.165, 1.54) is 28.7 Å². The van der Waals surface area contributed by atoms with Crippen LogP contribution in [0.4, 0.5) is 5.13 Å². The van der Waals surface area contributed by atoms with Gasteiger partial charge in [-0.2, -0.15) is 4.98 Å². The first kappa shape index (κ1) is 16.8. The maximum Gasteiger partial charge on any atom is 0.273 e. The van der Waals surface area contributed by atoms with Gasteiger partial charge in [0, 0.05) is 26.7 Å². The van der Waals surface area contributed by atoms with Gasteiger partial charge in [0.1, 0.15) is 17.6 Å². The second-order valence-corrected chi connectivity index (χ2v) is 6.69. The highest BCUT2D eigenvalue weighted by molar-refractivity contribution is 7.22. The Hall–Kier alpha value is -2.00. The molecule has 2 aromatic heterocycles. The lowest BCUT2D eigenvalue weighted by Gasteiger charge is -2.25. The number of amides is 1. The van der Waals surface area contributed by atoms with Gasteiger partial charge in [0.15, 0.2) is 10.8 Å². The number of methoxy groups -OCH3 is 1. The fraction of sp³-hybridized carbons (Fsp3) is 0.600. The van der Waals surface area contributed by atoms with Crippen molar-refractivity contribution in [1.82, 2.24) is 19.9 Å². The topological polar surface area (TPSA) is 89.3 Å². The van der Waals surface area contributed by atoms with Crippen molar-refractivity contribution < 1.29 is 9.53 Å². The standard InChI is InChI=1S/C15H21N5O3S/c1-23-8-5-16-11(21)9-20-10-17-13-12(14(20)22)24-15(18-13)19-6-3-2-4-7-19/h10H,2-9H2,1H3,(H,16,21). The van der Waals surface area contributed by atoms with E-state index in [2.05, 4.69) is 20.2 Å². The van der Waals surface area contributed by atoms with Crippen LogP contribution < -0.4 is 15.8 Å². The molecule has 1 aliphatic heterocycles. The molecule has 8 nitrogen and oxygen atoms in total. The number of hydrogen-bond donors (Lipinski definition) is 1. The molecule has 0 aromatic carbocycles. The summed E-state index contributed by atoms with van der Waals surface area (Å²) in [6.07, 6.45) is 4.93. The Morgan fingerprint density at radius 2 is 2.17 bits per heavy atom. The zero-order valence-electron chi connectivity index (χ0n) is 13.7. The number of fused-ring (bicyclic) bond motifs is 1. The molecule has 1 amide bonds. The molecule has 0 aliphatic carbocycles. The van der Waals surface area contributed by atoms with Crippen LogP contribution in [-0.2, 0) is 16.1 Å². The van der Waals surface area contributed by atoms with E-state index in [0.29, 0.717) is 23.5 Å². The third-order valence-corrected chi connectivity index (χ3v) is 5.03. The average Bonchev–Trinajstić information content (AvgIpc) is 3.04. The summed E-state index contributed by atoms with van der Waals surface area (Å²) in [6.45, 7) is 2.74. The van der Waals surface area contributed by atoms with Crippen LogP contribution in [-0.4, -0.2) is 53.8 Å². The maximum absolute atomic E-state index is 12.6. The number of hydrogen-bond acceptors (Lipinski definition) is 7. The second kappa shape index (κ2) is 7.71. The van der Waals surface area contributed by atoms with Crippen molar-refractivity contribution in [3.8, 4) is 0 Å². The molecule has 0 radical (unpaired) electrons. The third kappa shape index (κ3) is 3.73. The van der Waals surface area contributed by atoms with Crippen LogP contribution in [0.3, 0.4) is 0 Å². The van der Waals surface area contributed by atoms with Crippen molar-refractivity contribution in [3.63, 3.8) is 0 Å². The van der Waals surface area contributed by atoms with Crippen molar-refractivity contribution >= 4 is 32.7 Å². The minimum atomic E-state index is -0.240. The lowest BCUT2D eigenvalue weighted by molar-refractivity contribution is -0.121. The summed E-state index contributed by atoms with van der Waals surface area (Å²) in [6, 6.07) is 0. The molecule has 24 heavy (non-hydrogen) atoms. The van der Waals surface area contributed by atoms with E-state index in [0.717, 1.165) is 31.1 Å². The predicted octanol–water partition coefficient (Wildman–Crippen LogP) is 0.606. The Morgan fingerprint density at radius 3 is 2.92 bits per heavy atom. The van der Waals surface area contributed by atoms with Gasteiger partial charge >= 0.3 is 0 Å². The second-order valence-electron chi connectivity index (χ2n) is 5.72. The van der Waals surface area contributed by atoms with Gasteiger partial charge in [0.05, 0.1) is 6.61 Å². The quantitative estimate of drug-likeness (QED) is 0.767. The van der Waals surface area contributed by atoms with Crippen molar-refractivity contribution in [2.45, 2.75) is 25.8 Å². The molecule has 0 unspecified atom stereocenters. The van der Waals surface area contributed by atoms with Gasteiger partial charge in [-0.05, 0) is 19.3 Å². The molecule has 9 heteroatoms. The molecule has 3 heterocycles.